The molecule has 3 rings (SSSR count). The molecule has 0 saturated heterocycles. The molecule has 0 aliphatic carbocycles. The van der Waals surface area contributed by atoms with Crippen molar-refractivity contribution in [2.24, 2.45) is 0 Å². The maximum absolute atomic E-state index is 11.2. The summed E-state index contributed by atoms with van der Waals surface area (Å²) in [6, 6.07) is 13.6. The van der Waals surface area contributed by atoms with Gasteiger partial charge in [0, 0.05) is 5.39 Å². The number of nitro groups is 1. The van der Waals surface area contributed by atoms with Crippen molar-refractivity contribution in [1.29, 1.82) is 0 Å². The average Bonchev–Trinajstić information content (AvgIpc) is 2.87. The van der Waals surface area contributed by atoms with E-state index in [1.54, 1.807) is 48.5 Å². The average molecular weight is 297 g/mol. The maximum atomic E-state index is 11.2. The highest BCUT2D eigenvalue weighted by Crippen LogP contribution is 2.39. The molecule has 0 radical (unpaired) electrons. The van der Waals surface area contributed by atoms with Crippen molar-refractivity contribution < 1.29 is 19.2 Å². The van der Waals surface area contributed by atoms with Crippen molar-refractivity contribution >= 4 is 22.8 Å². The van der Waals surface area contributed by atoms with Gasteiger partial charge in [-0.05, 0) is 17.2 Å². The summed E-state index contributed by atoms with van der Waals surface area (Å²) in [5.74, 6) is -1.24. The summed E-state index contributed by atoms with van der Waals surface area (Å²) in [5.41, 5.74) is 2.10. The normalized spacial score (nSPS) is 10.7. The Kier molecular flexibility index (Phi) is 3.34. The number of carbonyl (C=O) groups is 1. The van der Waals surface area contributed by atoms with E-state index < -0.39 is 10.9 Å². The first-order valence-electron chi connectivity index (χ1n) is 6.53. The number of carboxylic acids is 1. The van der Waals surface area contributed by atoms with Gasteiger partial charge in [0.2, 0.25) is 0 Å². The van der Waals surface area contributed by atoms with Crippen molar-refractivity contribution in [2.45, 2.75) is 6.42 Å². The smallest absolute Gasteiger partial charge is 0.442 e. The summed E-state index contributed by atoms with van der Waals surface area (Å²) < 4.78 is 5.32. The molecule has 3 aromatic rings. The van der Waals surface area contributed by atoms with Crippen LogP contribution in [0.3, 0.4) is 0 Å². The van der Waals surface area contributed by atoms with E-state index in [-0.39, 0.29) is 12.3 Å². The van der Waals surface area contributed by atoms with Crippen LogP contribution in [0.2, 0.25) is 0 Å². The summed E-state index contributed by atoms with van der Waals surface area (Å²) >= 11 is 0. The van der Waals surface area contributed by atoms with Gasteiger partial charge in [0.05, 0.1) is 6.42 Å². The quantitative estimate of drug-likeness (QED) is 0.586. The van der Waals surface area contributed by atoms with Gasteiger partial charge in [-0.25, -0.2) is 0 Å². The molecule has 0 bridgehead atoms. The number of benzene rings is 2. The van der Waals surface area contributed by atoms with E-state index >= 15 is 0 Å². The van der Waals surface area contributed by atoms with E-state index in [1.807, 2.05) is 0 Å². The van der Waals surface area contributed by atoms with Gasteiger partial charge in [-0.3, -0.25) is 14.9 Å². The summed E-state index contributed by atoms with van der Waals surface area (Å²) in [6.07, 6.45) is -0.0888. The molecule has 6 nitrogen and oxygen atoms in total. The minimum absolute atomic E-state index is 0.0888. The molecular weight excluding hydrogens is 286 g/mol. The Hall–Kier alpha value is -3.15. The fourth-order valence-electron chi connectivity index (χ4n) is 2.40. The predicted molar refractivity (Wildman–Crippen MR) is 79.6 cm³/mol. The Balaban J connectivity index is 2.14. The lowest BCUT2D eigenvalue weighted by Gasteiger charge is -2.01. The van der Waals surface area contributed by atoms with E-state index in [0.29, 0.717) is 27.7 Å². The third-order valence-corrected chi connectivity index (χ3v) is 3.34. The molecule has 0 atom stereocenters. The number of carboxylic acid groups (broad SMARTS) is 1. The van der Waals surface area contributed by atoms with Crippen LogP contribution in [0.5, 0.6) is 0 Å². The zero-order valence-electron chi connectivity index (χ0n) is 11.4. The molecule has 22 heavy (non-hydrogen) atoms. The van der Waals surface area contributed by atoms with Gasteiger partial charge in [0.25, 0.3) is 0 Å². The van der Waals surface area contributed by atoms with Crippen molar-refractivity contribution in [3.05, 3.63) is 64.2 Å². The Morgan fingerprint density at radius 2 is 1.82 bits per heavy atom. The van der Waals surface area contributed by atoms with Crippen LogP contribution in [0.25, 0.3) is 22.1 Å². The number of furan rings is 1. The van der Waals surface area contributed by atoms with Crippen LogP contribution >= 0.6 is 0 Å². The zero-order chi connectivity index (χ0) is 15.7. The molecule has 6 heteroatoms. The van der Waals surface area contributed by atoms with Gasteiger partial charge in [-0.1, -0.05) is 42.5 Å². The van der Waals surface area contributed by atoms with Crippen molar-refractivity contribution in [3.8, 4) is 11.1 Å². The minimum Gasteiger partial charge on any atom is -0.481 e. The zero-order valence-corrected chi connectivity index (χ0v) is 11.4. The highest BCUT2D eigenvalue weighted by atomic mass is 16.6. The van der Waals surface area contributed by atoms with Crippen molar-refractivity contribution in [3.63, 3.8) is 0 Å². The lowest BCUT2D eigenvalue weighted by atomic mass is 10.0. The fraction of sp³-hybridized carbons (Fsp3) is 0.0625. The fourth-order valence-corrected chi connectivity index (χ4v) is 2.40. The molecule has 0 unspecified atom stereocenters. The molecule has 1 heterocycles. The number of aliphatic carboxylic acids is 1. The van der Waals surface area contributed by atoms with Gasteiger partial charge >= 0.3 is 11.9 Å². The highest BCUT2D eigenvalue weighted by Gasteiger charge is 2.24. The summed E-state index contributed by atoms with van der Waals surface area (Å²) in [6.45, 7) is 0. The van der Waals surface area contributed by atoms with Gasteiger partial charge < -0.3 is 9.52 Å². The second-order valence-corrected chi connectivity index (χ2v) is 4.80. The van der Waals surface area contributed by atoms with E-state index in [2.05, 4.69) is 0 Å². The Morgan fingerprint density at radius 3 is 2.45 bits per heavy atom. The van der Waals surface area contributed by atoms with Crippen LogP contribution in [-0.4, -0.2) is 16.0 Å². The first-order valence-corrected chi connectivity index (χ1v) is 6.53. The number of nitrogens with zero attached hydrogens (tertiary/aromatic N) is 1. The molecule has 0 aliphatic heterocycles. The molecular formula is C16H11NO5. The monoisotopic (exact) mass is 297 g/mol. The van der Waals surface area contributed by atoms with Crippen LogP contribution in [0.4, 0.5) is 5.88 Å². The van der Waals surface area contributed by atoms with Crippen LogP contribution in [-0.2, 0) is 11.2 Å². The Morgan fingerprint density at radius 1 is 1.14 bits per heavy atom. The largest absolute Gasteiger partial charge is 0.481 e. The van der Waals surface area contributed by atoms with Gasteiger partial charge in [-0.15, -0.1) is 0 Å². The first kappa shape index (κ1) is 13.8. The molecule has 1 N–H and O–H groups in total. The minimum atomic E-state index is -0.924. The van der Waals surface area contributed by atoms with Gasteiger partial charge in [0.15, 0.2) is 0 Å². The van der Waals surface area contributed by atoms with E-state index in [1.165, 1.54) is 0 Å². The molecule has 0 saturated carbocycles. The number of para-hydroxylation sites is 1. The third kappa shape index (κ3) is 2.42. The van der Waals surface area contributed by atoms with Crippen LogP contribution in [0.1, 0.15) is 5.56 Å². The lowest BCUT2D eigenvalue weighted by molar-refractivity contribution is -0.400. The number of hydrogen-bond acceptors (Lipinski definition) is 4. The molecule has 2 aromatic carbocycles. The highest BCUT2D eigenvalue weighted by molar-refractivity contribution is 5.98. The van der Waals surface area contributed by atoms with Gasteiger partial charge in [-0.2, -0.15) is 0 Å². The van der Waals surface area contributed by atoms with Gasteiger partial charge in [0.1, 0.15) is 16.1 Å². The number of rotatable bonds is 4. The molecule has 0 spiro atoms. The molecule has 110 valence electrons. The van der Waals surface area contributed by atoms with Crippen LogP contribution in [0, 0.1) is 10.1 Å². The number of hydrogen-bond donors (Lipinski definition) is 1. The third-order valence-electron chi connectivity index (χ3n) is 3.34. The molecule has 0 aliphatic rings. The predicted octanol–water partition coefficient (Wildman–Crippen LogP) is 3.64. The summed E-state index contributed by atoms with van der Waals surface area (Å²) in [5, 5.41) is 20.6. The topological polar surface area (TPSA) is 93.6 Å². The Labute approximate surface area is 124 Å². The van der Waals surface area contributed by atoms with Crippen molar-refractivity contribution in [1.82, 2.24) is 0 Å². The van der Waals surface area contributed by atoms with E-state index in [4.69, 9.17) is 9.52 Å². The first-order chi connectivity index (χ1) is 10.6. The Bertz CT molecular complexity index is 864. The van der Waals surface area contributed by atoms with Crippen LogP contribution in [0.15, 0.2) is 52.9 Å². The number of fused-ring (bicyclic) bond motifs is 1. The van der Waals surface area contributed by atoms with E-state index in [0.717, 1.165) is 0 Å². The summed E-state index contributed by atoms with van der Waals surface area (Å²) in [4.78, 5) is 21.4. The molecule has 1 aromatic heterocycles. The summed E-state index contributed by atoms with van der Waals surface area (Å²) in [7, 11) is 0. The molecule has 0 fully saturated rings. The second-order valence-electron chi connectivity index (χ2n) is 4.80. The molecule has 0 amide bonds. The second kappa shape index (κ2) is 5.33. The maximum Gasteiger partial charge on any atom is 0.442 e. The van der Waals surface area contributed by atoms with E-state index in [9.17, 15) is 14.9 Å². The standard InChI is InChI=1S/C16H11NO5/c18-14(19)9-10-5-7-11(8-6-10)15-12-3-1-2-4-13(12)22-16(15)17(20)21/h1-8H,9H2,(H,18,19). The van der Waals surface area contributed by atoms with Crippen LogP contribution < -0.4 is 0 Å². The van der Waals surface area contributed by atoms with Crippen molar-refractivity contribution in [2.75, 3.05) is 0 Å². The SMILES string of the molecule is O=C(O)Cc1ccc(-c2c([N+](=O)[O-])oc3ccccc23)cc1. The lowest BCUT2D eigenvalue weighted by Crippen LogP contribution is -1.99.